The molecular weight excluding hydrogens is 268 g/mol. The van der Waals surface area contributed by atoms with Gasteiger partial charge in [0.1, 0.15) is 0 Å². The van der Waals surface area contributed by atoms with Gasteiger partial charge in [-0.15, -0.1) is 0 Å². The number of rotatable bonds is 4. The van der Waals surface area contributed by atoms with Crippen LogP contribution in [0.25, 0.3) is 0 Å². The molecule has 2 aromatic carbocycles. The summed E-state index contributed by atoms with van der Waals surface area (Å²) in [5, 5.41) is 0. The molecule has 0 N–H and O–H groups in total. The molecule has 2 heteroatoms. The Bertz CT molecular complexity index is 586. The number of nitrogens with zero attached hydrogens (tertiary/aromatic N) is 2. The van der Waals surface area contributed by atoms with Gasteiger partial charge in [0, 0.05) is 37.9 Å². The highest BCUT2D eigenvalue weighted by molar-refractivity contribution is 5.53. The van der Waals surface area contributed by atoms with Crippen molar-refractivity contribution in [2.75, 3.05) is 31.1 Å². The SMILES string of the molecule is Cc1ccccc1N1CCN(C(C)Cc2ccccc2)CC1. The van der Waals surface area contributed by atoms with E-state index in [1.165, 1.54) is 16.8 Å². The van der Waals surface area contributed by atoms with Gasteiger partial charge in [0.25, 0.3) is 0 Å². The molecular formula is C20H26N2. The highest BCUT2D eigenvalue weighted by atomic mass is 15.3. The van der Waals surface area contributed by atoms with Crippen LogP contribution < -0.4 is 4.90 Å². The molecule has 2 aromatic rings. The van der Waals surface area contributed by atoms with Crippen molar-refractivity contribution in [1.82, 2.24) is 4.90 Å². The quantitative estimate of drug-likeness (QED) is 0.847. The molecule has 1 aliphatic rings. The van der Waals surface area contributed by atoms with E-state index in [9.17, 15) is 0 Å². The van der Waals surface area contributed by atoms with Gasteiger partial charge in [-0.1, -0.05) is 48.5 Å². The minimum Gasteiger partial charge on any atom is -0.369 e. The summed E-state index contributed by atoms with van der Waals surface area (Å²) in [4.78, 5) is 5.16. The Morgan fingerprint density at radius 3 is 2.18 bits per heavy atom. The van der Waals surface area contributed by atoms with E-state index in [-0.39, 0.29) is 0 Å². The Labute approximate surface area is 134 Å². The number of hydrogen-bond acceptors (Lipinski definition) is 2. The number of aryl methyl sites for hydroxylation is 1. The Morgan fingerprint density at radius 2 is 1.50 bits per heavy atom. The lowest BCUT2D eigenvalue weighted by Crippen LogP contribution is -2.50. The fourth-order valence-corrected chi connectivity index (χ4v) is 3.41. The van der Waals surface area contributed by atoms with Crippen LogP contribution in [0.15, 0.2) is 54.6 Å². The monoisotopic (exact) mass is 294 g/mol. The summed E-state index contributed by atoms with van der Waals surface area (Å²) in [5.74, 6) is 0. The maximum absolute atomic E-state index is 2.63. The highest BCUT2D eigenvalue weighted by Gasteiger charge is 2.21. The summed E-state index contributed by atoms with van der Waals surface area (Å²) in [6.07, 6.45) is 1.14. The lowest BCUT2D eigenvalue weighted by molar-refractivity contribution is 0.196. The second-order valence-corrected chi connectivity index (χ2v) is 6.35. The fourth-order valence-electron chi connectivity index (χ4n) is 3.41. The van der Waals surface area contributed by atoms with Crippen molar-refractivity contribution < 1.29 is 0 Å². The van der Waals surface area contributed by atoms with Crippen LogP contribution in [0.5, 0.6) is 0 Å². The molecule has 1 heterocycles. The van der Waals surface area contributed by atoms with Crippen molar-refractivity contribution in [2.24, 2.45) is 0 Å². The van der Waals surface area contributed by atoms with Crippen LogP contribution in [0, 0.1) is 6.92 Å². The molecule has 0 aromatic heterocycles. The third-order valence-electron chi connectivity index (χ3n) is 4.77. The Balaban J connectivity index is 1.56. The smallest absolute Gasteiger partial charge is 0.0396 e. The molecule has 0 radical (unpaired) electrons. The lowest BCUT2D eigenvalue weighted by atomic mass is 10.0. The number of piperazine rings is 1. The lowest BCUT2D eigenvalue weighted by Gasteiger charge is -2.39. The van der Waals surface area contributed by atoms with Crippen LogP contribution in [0.2, 0.25) is 0 Å². The summed E-state index contributed by atoms with van der Waals surface area (Å²) in [6.45, 7) is 9.13. The van der Waals surface area contributed by atoms with Crippen molar-refractivity contribution >= 4 is 5.69 Å². The largest absolute Gasteiger partial charge is 0.369 e. The molecule has 116 valence electrons. The molecule has 0 bridgehead atoms. The zero-order chi connectivity index (χ0) is 15.4. The van der Waals surface area contributed by atoms with Gasteiger partial charge >= 0.3 is 0 Å². The minimum atomic E-state index is 0.612. The van der Waals surface area contributed by atoms with E-state index >= 15 is 0 Å². The second kappa shape index (κ2) is 6.97. The van der Waals surface area contributed by atoms with Gasteiger partial charge in [-0.3, -0.25) is 4.90 Å². The molecule has 1 unspecified atom stereocenters. The molecule has 1 fully saturated rings. The molecule has 1 aliphatic heterocycles. The van der Waals surface area contributed by atoms with E-state index in [4.69, 9.17) is 0 Å². The summed E-state index contributed by atoms with van der Waals surface area (Å²) in [5.41, 5.74) is 4.22. The number of para-hydroxylation sites is 1. The van der Waals surface area contributed by atoms with Crippen molar-refractivity contribution in [3.8, 4) is 0 Å². The molecule has 1 atom stereocenters. The average Bonchev–Trinajstić information content (AvgIpc) is 2.56. The van der Waals surface area contributed by atoms with Gasteiger partial charge in [-0.05, 0) is 37.5 Å². The molecule has 2 nitrogen and oxygen atoms in total. The zero-order valence-electron chi connectivity index (χ0n) is 13.7. The van der Waals surface area contributed by atoms with Crippen molar-refractivity contribution in [3.63, 3.8) is 0 Å². The Kier molecular flexibility index (Phi) is 4.79. The molecule has 22 heavy (non-hydrogen) atoms. The number of anilines is 1. The molecule has 3 rings (SSSR count). The maximum Gasteiger partial charge on any atom is 0.0396 e. The van der Waals surface area contributed by atoms with Gasteiger partial charge in [-0.25, -0.2) is 0 Å². The topological polar surface area (TPSA) is 6.48 Å². The summed E-state index contributed by atoms with van der Waals surface area (Å²) in [6, 6.07) is 20.2. The van der Waals surface area contributed by atoms with E-state index in [0.717, 1.165) is 32.6 Å². The van der Waals surface area contributed by atoms with Crippen molar-refractivity contribution in [1.29, 1.82) is 0 Å². The first-order valence-electron chi connectivity index (χ1n) is 8.32. The van der Waals surface area contributed by atoms with E-state index in [0.29, 0.717) is 6.04 Å². The first-order chi connectivity index (χ1) is 10.7. The van der Waals surface area contributed by atoms with Crippen LogP contribution in [0.4, 0.5) is 5.69 Å². The van der Waals surface area contributed by atoms with Gasteiger partial charge in [0.15, 0.2) is 0 Å². The fraction of sp³-hybridized carbons (Fsp3) is 0.400. The molecule has 0 amide bonds. The number of hydrogen-bond donors (Lipinski definition) is 0. The molecule has 0 spiro atoms. The zero-order valence-corrected chi connectivity index (χ0v) is 13.7. The minimum absolute atomic E-state index is 0.612. The molecule has 0 saturated carbocycles. The second-order valence-electron chi connectivity index (χ2n) is 6.35. The predicted molar refractivity (Wildman–Crippen MR) is 94.6 cm³/mol. The third kappa shape index (κ3) is 3.50. The average molecular weight is 294 g/mol. The van der Waals surface area contributed by atoms with Crippen LogP contribution in [0.3, 0.4) is 0 Å². The van der Waals surface area contributed by atoms with Crippen molar-refractivity contribution in [3.05, 3.63) is 65.7 Å². The first-order valence-corrected chi connectivity index (χ1v) is 8.32. The molecule has 0 aliphatic carbocycles. The van der Waals surface area contributed by atoms with Crippen LogP contribution >= 0.6 is 0 Å². The molecule has 1 saturated heterocycles. The summed E-state index contributed by atoms with van der Waals surface area (Å²) >= 11 is 0. The van der Waals surface area contributed by atoms with E-state index < -0.39 is 0 Å². The van der Waals surface area contributed by atoms with Crippen molar-refractivity contribution in [2.45, 2.75) is 26.3 Å². The Hall–Kier alpha value is -1.80. The normalized spacial score (nSPS) is 17.5. The van der Waals surface area contributed by atoms with Gasteiger partial charge < -0.3 is 4.90 Å². The van der Waals surface area contributed by atoms with Gasteiger partial charge in [-0.2, -0.15) is 0 Å². The van der Waals surface area contributed by atoms with Gasteiger partial charge in [0.05, 0.1) is 0 Å². The van der Waals surface area contributed by atoms with Gasteiger partial charge in [0.2, 0.25) is 0 Å². The van der Waals surface area contributed by atoms with E-state index in [1.807, 2.05) is 0 Å². The van der Waals surface area contributed by atoms with E-state index in [2.05, 4.69) is 78.2 Å². The van der Waals surface area contributed by atoms with Crippen LogP contribution in [-0.2, 0) is 6.42 Å². The highest BCUT2D eigenvalue weighted by Crippen LogP contribution is 2.21. The third-order valence-corrected chi connectivity index (χ3v) is 4.77. The summed E-state index contributed by atoms with van der Waals surface area (Å²) < 4.78 is 0. The van der Waals surface area contributed by atoms with E-state index in [1.54, 1.807) is 0 Å². The predicted octanol–water partition coefficient (Wildman–Crippen LogP) is 3.75. The van der Waals surface area contributed by atoms with Crippen LogP contribution in [-0.4, -0.2) is 37.1 Å². The van der Waals surface area contributed by atoms with Crippen LogP contribution in [0.1, 0.15) is 18.1 Å². The Morgan fingerprint density at radius 1 is 0.864 bits per heavy atom. The maximum atomic E-state index is 2.63. The summed E-state index contributed by atoms with van der Waals surface area (Å²) in [7, 11) is 0. The standard InChI is InChI=1S/C20H26N2/c1-17-8-6-7-11-20(17)22-14-12-21(13-15-22)18(2)16-19-9-4-3-5-10-19/h3-11,18H,12-16H2,1-2H3. The number of benzene rings is 2. The first kappa shape index (κ1) is 15.1.